The van der Waals surface area contributed by atoms with Crippen molar-refractivity contribution in [3.05, 3.63) is 90.4 Å². The molecule has 0 atom stereocenters. The Hall–Kier alpha value is -4.28. The Morgan fingerprint density at radius 2 is 1.62 bits per heavy atom. The van der Waals surface area contributed by atoms with Gasteiger partial charge in [0, 0.05) is 18.0 Å². The number of hydrogen-bond acceptors (Lipinski definition) is 6. The zero-order valence-corrected chi connectivity index (χ0v) is 17.9. The Balaban J connectivity index is 1.45. The number of aryl methyl sites for hydroxylation is 1. The Morgan fingerprint density at radius 1 is 0.875 bits per heavy atom. The van der Waals surface area contributed by atoms with Gasteiger partial charge >= 0.3 is 0 Å². The number of aromatic nitrogens is 4. The van der Waals surface area contributed by atoms with Gasteiger partial charge in [0.15, 0.2) is 5.82 Å². The van der Waals surface area contributed by atoms with Gasteiger partial charge in [-0.3, -0.25) is 0 Å². The summed E-state index contributed by atoms with van der Waals surface area (Å²) >= 11 is 1.60. The lowest BCUT2D eigenvalue weighted by Gasteiger charge is -2.04. The number of pyridine rings is 1. The molecule has 0 saturated carbocycles. The van der Waals surface area contributed by atoms with Gasteiger partial charge in [0.2, 0.25) is 5.88 Å². The molecular formula is C25H17N5OS. The maximum absolute atomic E-state index is 10.8. The summed E-state index contributed by atoms with van der Waals surface area (Å²) in [7, 11) is 0. The van der Waals surface area contributed by atoms with Crippen LogP contribution in [0.3, 0.4) is 0 Å². The monoisotopic (exact) mass is 435 g/mol. The van der Waals surface area contributed by atoms with Gasteiger partial charge in [0.25, 0.3) is 0 Å². The molecule has 2 aromatic carbocycles. The Labute approximate surface area is 188 Å². The van der Waals surface area contributed by atoms with Gasteiger partial charge in [-0.2, -0.15) is 15.0 Å². The number of nitrogens with zero attached hydrogens (tertiary/aromatic N) is 5. The van der Waals surface area contributed by atoms with Crippen molar-refractivity contribution in [2.24, 2.45) is 0 Å². The molecule has 154 valence electrons. The van der Waals surface area contributed by atoms with Crippen LogP contribution in [0.15, 0.2) is 79.1 Å². The molecule has 0 aliphatic rings. The molecule has 0 spiro atoms. The quantitative estimate of drug-likeness (QED) is 0.396. The molecule has 32 heavy (non-hydrogen) atoms. The first-order valence-corrected chi connectivity index (χ1v) is 10.7. The van der Waals surface area contributed by atoms with E-state index in [4.69, 9.17) is 5.26 Å². The van der Waals surface area contributed by atoms with Crippen LogP contribution in [0.2, 0.25) is 0 Å². The molecule has 0 fully saturated rings. The molecule has 7 heteroatoms. The average Bonchev–Trinajstić information content (AvgIpc) is 3.45. The smallest absolute Gasteiger partial charge is 0.223 e. The average molecular weight is 436 g/mol. The molecule has 5 aromatic rings. The predicted octanol–water partition coefficient (Wildman–Crippen LogP) is 5.61. The Bertz CT molecular complexity index is 1430. The highest BCUT2D eigenvalue weighted by Crippen LogP contribution is 2.35. The predicted molar refractivity (Wildman–Crippen MR) is 124 cm³/mol. The van der Waals surface area contributed by atoms with Crippen molar-refractivity contribution in [3.63, 3.8) is 0 Å². The number of nitriles is 1. The molecule has 3 aromatic heterocycles. The van der Waals surface area contributed by atoms with Crippen LogP contribution in [0, 0.1) is 18.3 Å². The number of aromatic hydroxyl groups is 1. The third-order valence-corrected chi connectivity index (χ3v) is 6.21. The van der Waals surface area contributed by atoms with Crippen LogP contribution < -0.4 is 0 Å². The maximum atomic E-state index is 10.8. The van der Waals surface area contributed by atoms with Crippen LogP contribution in [0.5, 0.6) is 5.88 Å². The minimum absolute atomic E-state index is 0.00747. The number of benzene rings is 2. The van der Waals surface area contributed by atoms with E-state index >= 15 is 0 Å². The summed E-state index contributed by atoms with van der Waals surface area (Å²) in [6.07, 6.45) is 3.61. The van der Waals surface area contributed by atoms with Gasteiger partial charge in [-0.1, -0.05) is 42.5 Å². The second kappa shape index (κ2) is 8.10. The highest BCUT2D eigenvalue weighted by molar-refractivity contribution is 7.18. The van der Waals surface area contributed by atoms with E-state index < -0.39 is 0 Å². The topological polar surface area (TPSA) is 87.6 Å². The van der Waals surface area contributed by atoms with Crippen molar-refractivity contribution in [1.82, 2.24) is 19.7 Å². The van der Waals surface area contributed by atoms with Crippen LogP contribution in [0.4, 0.5) is 0 Å². The molecule has 0 saturated heterocycles. The summed E-state index contributed by atoms with van der Waals surface area (Å²) in [6.45, 7) is 1.83. The molecule has 6 nitrogen and oxygen atoms in total. The third kappa shape index (κ3) is 3.53. The lowest BCUT2D eigenvalue weighted by Crippen LogP contribution is -1.99. The second-order valence-electron chi connectivity index (χ2n) is 7.19. The van der Waals surface area contributed by atoms with Gasteiger partial charge in [-0.15, -0.1) is 11.3 Å². The van der Waals surface area contributed by atoms with Gasteiger partial charge in [0.05, 0.1) is 27.8 Å². The molecule has 0 unspecified atom stereocenters. The second-order valence-corrected chi connectivity index (χ2v) is 8.22. The minimum Gasteiger partial charge on any atom is -0.493 e. The highest BCUT2D eigenvalue weighted by Gasteiger charge is 2.18. The molecule has 0 bridgehead atoms. The van der Waals surface area contributed by atoms with E-state index in [1.54, 1.807) is 41.8 Å². The van der Waals surface area contributed by atoms with Gasteiger partial charge in [-0.05, 0) is 42.3 Å². The van der Waals surface area contributed by atoms with Crippen LogP contribution in [0.1, 0.15) is 11.3 Å². The number of thiazole rings is 1. The van der Waals surface area contributed by atoms with Crippen molar-refractivity contribution >= 4 is 11.3 Å². The fourth-order valence-electron chi connectivity index (χ4n) is 3.51. The standard InChI is InChI=1S/C25H17N5OS/c1-16-23(19-9-7-17(13-26)8-10-19)25(31)30(29-16)22-12-11-20(14-27-22)24-28-15-21(32-24)18-5-3-2-4-6-18/h2-12,14-15,31H,1H3. The van der Waals surface area contributed by atoms with Gasteiger partial charge in [-0.25, -0.2) is 9.97 Å². The van der Waals surface area contributed by atoms with Crippen molar-refractivity contribution in [3.8, 4) is 49.9 Å². The first kappa shape index (κ1) is 19.7. The highest BCUT2D eigenvalue weighted by atomic mass is 32.1. The summed E-state index contributed by atoms with van der Waals surface area (Å²) in [5.41, 5.74) is 4.68. The van der Waals surface area contributed by atoms with E-state index in [2.05, 4.69) is 33.3 Å². The van der Waals surface area contributed by atoms with Crippen LogP contribution in [-0.4, -0.2) is 24.9 Å². The fourth-order valence-corrected chi connectivity index (χ4v) is 4.42. The SMILES string of the molecule is Cc1nn(-c2ccc(-c3ncc(-c4ccccc4)s3)cn2)c(O)c1-c1ccc(C#N)cc1. The first-order valence-electron chi connectivity index (χ1n) is 9.91. The van der Waals surface area contributed by atoms with E-state index in [-0.39, 0.29) is 5.88 Å². The van der Waals surface area contributed by atoms with Crippen LogP contribution >= 0.6 is 11.3 Å². The zero-order chi connectivity index (χ0) is 22.1. The summed E-state index contributed by atoms with van der Waals surface area (Å²) < 4.78 is 1.42. The molecular weight excluding hydrogens is 418 g/mol. The zero-order valence-electron chi connectivity index (χ0n) is 17.1. The van der Waals surface area contributed by atoms with E-state index in [9.17, 15) is 5.11 Å². The molecule has 0 radical (unpaired) electrons. The molecule has 0 amide bonds. The van der Waals surface area contributed by atoms with Gasteiger partial charge < -0.3 is 5.11 Å². The Morgan fingerprint density at radius 3 is 2.31 bits per heavy atom. The molecule has 0 aliphatic carbocycles. The third-order valence-electron chi connectivity index (χ3n) is 5.11. The Kier molecular flexibility index (Phi) is 4.98. The number of hydrogen-bond donors (Lipinski definition) is 1. The van der Waals surface area contributed by atoms with Gasteiger partial charge in [0.1, 0.15) is 5.01 Å². The molecule has 5 rings (SSSR count). The van der Waals surface area contributed by atoms with Crippen molar-refractivity contribution in [2.75, 3.05) is 0 Å². The van der Waals surface area contributed by atoms with E-state index in [0.29, 0.717) is 22.6 Å². The van der Waals surface area contributed by atoms with Crippen LogP contribution in [-0.2, 0) is 0 Å². The minimum atomic E-state index is 0.00747. The maximum Gasteiger partial charge on any atom is 0.223 e. The van der Waals surface area contributed by atoms with E-state index in [0.717, 1.165) is 26.6 Å². The lowest BCUT2D eigenvalue weighted by atomic mass is 10.0. The van der Waals surface area contributed by atoms with Crippen LogP contribution in [0.25, 0.3) is 38.0 Å². The summed E-state index contributed by atoms with van der Waals surface area (Å²) in [5, 5.41) is 25.2. The normalized spacial score (nSPS) is 10.8. The van der Waals surface area contributed by atoms with Crippen molar-refractivity contribution in [1.29, 1.82) is 5.26 Å². The summed E-state index contributed by atoms with van der Waals surface area (Å²) in [6, 6.07) is 23.0. The fraction of sp³-hybridized carbons (Fsp3) is 0.0400. The van der Waals surface area contributed by atoms with E-state index in [1.165, 1.54) is 4.68 Å². The van der Waals surface area contributed by atoms with E-state index in [1.807, 2.05) is 43.5 Å². The molecule has 1 N–H and O–H groups in total. The largest absolute Gasteiger partial charge is 0.493 e. The molecule has 0 aliphatic heterocycles. The van der Waals surface area contributed by atoms with Crippen molar-refractivity contribution < 1.29 is 5.11 Å². The number of rotatable bonds is 4. The first-order chi connectivity index (χ1) is 15.6. The summed E-state index contributed by atoms with van der Waals surface area (Å²) in [4.78, 5) is 10.1. The van der Waals surface area contributed by atoms with Crippen molar-refractivity contribution in [2.45, 2.75) is 6.92 Å². The molecule has 3 heterocycles. The summed E-state index contributed by atoms with van der Waals surface area (Å²) in [5.74, 6) is 0.516. The lowest BCUT2D eigenvalue weighted by molar-refractivity contribution is 0.433.